The number of nitrogens with one attached hydrogen (secondary N) is 1. The van der Waals surface area contributed by atoms with Crippen LogP contribution in [0.25, 0.3) is 11.0 Å². The second-order valence-corrected chi connectivity index (χ2v) is 7.34. The van der Waals surface area contributed by atoms with Gasteiger partial charge in [-0.3, -0.25) is 4.79 Å². The molecular weight excluding hydrogens is 332 g/mol. The quantitative estimate of drug-likeness (QED) is 0.727. The highest BCUT2D eigenvalue weighted by atomic mass is 32.2. The number of rotatable bonds is 4. The van der Waals surface area contributed by atoms with E-state index in [0.29, 0.717) is 5.75 Å². The Balaban J connectivity index is 1.50. The molecule has 0 saturated carbocycles. The number of H-pyrrole nitrogens is 1. The van der Waals surface area contributed by atoms with Crippen molar-refractivity contribution in [3.8, 4) is 0 Å². The SMILES string of the molecule is Cc1ccc2nc([C@H]3CCCN3C(=O)CSc3ccccn3)[nH]c2c1. The first-order valence-electron chi connectivity index (χ1n) is 8.50. The molecule has 3 aromatic rings. The highest BCUT2D eigenvalue weighted by Gasteiger charge is 2.32. The zero-order chi connectivity index (χ0) is 17.2. The number of fused-ring (bicyclic) bond motifs is 1. The minimum atomic E-state index is 0.0459. The molecular formula is C19H20N4OS. The normalized spacial score (nSPS) is 17.3. The standard InChI is InChI=1S/C19H20N4OS/c1-13-7-8-14-15(11-13)22-19(21-14)16-5-4-10-23(16)18(24)12-25-17-6-2-3-9-20-17/h2-3,6-9,11,16H,4-5,10,12H2,1H3,(H,21,22)/t16-/m1/s1. The van der Waals surface area contributed by atoms with E-state index in [1.807, 2.05) is 29.2 Å². The molecule has 1 aliphatic heterocycles. The molecule has 5 nitrogen and oxygen atoms in total. The summed E-state index contributed by atoms with van der Waals surface area (Å²) in [6.07, 6.45) is 3.72. The van der Waals surface area contributed by atoms with Crippen LogP contribution in [0.4, 0.5) is 0 Å². The van der Waals surface area contributed by atoms with E-state index in [1.54, 1.807) is 6.20 Å². The molecule has 1 saturated heterocycles. The molecule has 3 heterocycles. The van der Waals surface area contributed by atoms with Crippen molar-refractivity contribution in [2.75, 3.05) is 12.3 Å². The number of imidazole rings is 1. The molecule has 2 aromatic heterocycles. The number of thioether (sulfide) groups is 1. The summed E-state index contributed by atoms with van der Waals surface area (Å²) in [5, 5.41) is 0.880. The van der Waals surface area contributed by atoms with Crippen molar-refractivity contribution >= 4 is 28.7 Å². The minimum absolute atomic E-state index is 0.0459. The minimum Gasteiger partial charge on any atom is -0.340 e. The second-order valence-electron chi connectivity index (χ2n) is 6.34. The van der Waals surface area contributed by atoms with Crippen molar-refractivity contribution in [2.24, 2.45) is 0 Å². The average Bonchev–Trinajstić information content (AvgIpc) is 3.26. The fraction of sp³-hybridized carbons (Fsp3) is 0.316. The van der Waals surface area contributed by atoms with E-state index in [0.717, 1.165) is 41.3 Å². The molecule has 1 aliphatic rings. The number of pyridine rings is 1. The highest BCUT2D eigenvalue weighted by molar-refractivity contribution is 7.99. The summed E-state index contributed by atoms with van der Waals surface area (Å²) in [5.74, 6) is 1.46. The molecule has 1 amide bonds. The summed E-state index contributed by atoms with van der Waals surface area (Å²) < 4.78 is 0. The van der Waals surface area contributed by atoms with Gasteiger partial charge in [0.2, 0.25) is 5.91 Å². The van der Waals surface area contributed by atoms with Crippen LogP contribution < -0.4 is 0 Å². The number of amides is 1. The summed E-state index contributed by atoms with van der Waals surface area (Å²) in [6, 6.07) is 12.0. The zero-order valence-corrected chi connectivity index (χ0v) is 14.9. The van der Waals surface area contributed by atoms with E-state index in [1.165, 1.54) is 17.3 Å². The van der Waals surface area contributed by atoms with E-state index in [-0.39, 0.29) is 11.9 Å². The van der Waals surface area contributed by atoms with E-state index in [9.17, 15) is 4.79 Å². The van der Waals surface area contributed by atoms with Crippen molar-refractivity contribution in [3.63, 3.8) is 0 Å². The lowest BCUT2D eigenvalue weighted by Crippen LogP contribution is -2.32. The molecule has 25 heavy (non-hydrogen) atoms. The summed E-state index contributed by atoms with van der Waals surface area (Å²) in [4.78, 5) is 27.1. The lowest BCUT2D eigenvalue weighted by molar-refractivity contribution is -0.129. The van der Waals surface area contributed by atoms with E-state index < -0.39 is 0 Å². The second kappa shape index (κ2) is 6.88. The maximum atomic E-state index is 12.7. The van der Waals surface area contributed by atoms with Gasteiger partial charge in [0.05, 0.1) is 27.9 Å². The fourth-order valence-electron chi connectivity index (χ4n) is 3.30. The molecule has 0 aliphatic carbocycles. The predicted octanol–water partition coefficient (Wildman–Crippen LogP) is 3.72. The molecule has 1 aromatic carbocycles. The number of aryl methyl sites for hydroxylation is 1. The van der Waals surface area contributed by atoms with Crippen LogP contribution in [0.1, 0.15) is 30.3 Å². The number of aromatic nitrogens is 3. The first-order valence-corrected chi connectivity index (χ1v) is 9.49. The first-order chi connectivity index (χ1) is 12.2. The Morgan fingerprint density at radius 2 is 2.28 bits per heavy atom. The maximum absolute atomic E-state index is 12.7. The largest absolute Gasteiger partial charge is 0.340 e. The number of likely N-dealkylation sites (tertiary alicyclic amines) is 1. The van der Waals surface area contributed by atoms with E-state index >= 15 is 0 Å². The van der Waals surface area contributed by atoms with Gasteiger partial charge in [-0.2, -0.15) is 0 Å². The Labute approximate surface area is 150 Å². The van der Waals surface area contributed by atoms with E-state index in [2.05, 4.69) is 29.0 Å². The molecule has 0 bridgehead atoms. The molecule has 4 rings (SSSR count). The van der Waals surface area contributed by atoms with Crippen LogP contribution in [0.2, 0.25) is 0 Å². The number of aromatic amines is 1. The number of hydrogen-bond acceptors (Lipinski definition) is 4. The van der Waals surface area contributed by atoms with Crippen LogP contribution >= 0.6 is 11.8 Å². The van der Waals surface area contributed by atoms with Crippen LogP contribution in [-0.4, -0.2) is 38.1 Å². The molecule has 0 unspecified atom stereocenters. The summed E-state index contributed by atoms with van der Waals surface area (Å²) in [5.41, 5.74) is 3.20. The van der Waals surface area contributed by atoms with Crippen LogP contribution in [0.3, 0.4) is 0 Å². The van der Waals surface area contributed by atoms with Crippen molar-refractivity contribution in [1.82, 2.24) is 19.9 Å². The highest BCUT2D eigenvalue weighted by Crippen LogP contribution is 2.32. The maximum Gasteiger partial charge on any atom is 0.233 e. The Hall–Kier alpha value is -2.34. The van der Waals surface area contributed by atoms with Gasteiger partial charge >= 0.3 is 0 Å². The monoisotopic (exact) mass is 352 g/mol. The van der Waals surface area contributed by atoms with Gasteiger partial charge in [0.1, 0.15) is 5.82 Å². The van der Waals surface area contributed by atoms with E-state index in [4.69, 9.17) is 4.98 Å². The summed E-state index contributed by atoms with van der Waals surface area (Å²) in [6.45, 7) is 2.86. The van der Waals surface area contributed by atoms with Crippen LogP contribution in [-0.2, 0) is 4.79 Å². The van der Waals surface area contributed by atoms with Crippen LogP contribution in [0, 0.1) is 6.92 Å². The van der Waals surface area contributed by atoms with Gasteiger partial charge in [-0.25, -0.2) is 9.97 Å². The smallest absolute Gasteiger partial charge is 0.233 e. The molecule has 1 atom stereocenters. The van der Waals surface area contributed by atoms with Crippen molar-refractivity contribution in [1.29, 1.82) is 0 Å². The number of benzene rings is 1. The average molecular weight is 352 g/mol. The van der Waals surface area contributed by atoms with Gasteiger partial charge in [0.15, 0.2) is 0 Å². The fourth-order valence-corrected chi connectivity index (χ4v) is 4.05. The molecule has 1 N–H and O–H groups in total. The van der Waals surface area contributed by atoms with Gasteiger partial charge < -0.3 is 9.88 Å². The number of nitrogens with zero attached hydrogens (tertiary/aromatic N) is 3. The lowest BCUT2D eigenvalue weighted by Gasteiger charge is -2.23. The van der Waals surface area contributed by atoms with Gasteiger partial charge in [-0.05, 0) is 49.6 Å². The molecule has 0 radical (unpaired) electrons. The first kappa shape index (κ1) is 16.1. The van der Waals surface area contributed by atoms with Crippen molar-refractivity contribution in [3.05, 3.63) is 54.0 Å². The lowest BCUT2D eigenvalue weighted by atomic mass is 10.2. The van der Waals surface area contributed by atoms with Crippen LogP contribution in [0.5, 0.6) is 0 Å². The number of carbonyl (C=O) groups excluding carboxylic acids is 1. The van der Waals surface area contributed by atoms with Crippen molar-refractivity contribution < 1.29 is 4.79 Å². The third-order valence-corrected chi connectivity index (χ3v) is 5.45. The van der Waals surface area contributed by atoms with Gasteiger partial charge in [0, 0.05) is 12.7 Å². The zero-order valence-electron chi connectivity index (χ0n) is 14.1. The summed E-state index contributed by atoms with van der Waals surface area (Å²) >= 11 is 1.49. The molecule has 128 valence electrons. The Bertz CT molecular complexity index is 893. The van der Waals surface area contributed by atoms with Gasteiger partial charge in [0.25, 0.3) is 0 Å². The van der Waals surface area contributed by atoms with Crippen LogP contribution in [0.15, 0.2) is 47.6 Å². The molecule has 1 fully saturated rings. The third-order valence-electron chi connectivity index (χ3n) is 4.53. The predicted molar refractivity (Wildman–Crippen MR) is 99.5 cm³/mol. The topological polar surface area (TPSA) is 61.9 Å². The van der Waals surface area contributed by atoms with Gasteiger partial charge in [-0.15, -0.1) is 0 Å². The Morgan fingerprint density at radius 1 is 1.36 bits per heavy atom. The Kier molecular flexibility index (Phi) is 4.44. The molecule has 0 spiro atoms. The summed E-state index contributed by atoms with van der Waals surface area (Å²) in [7, 11) is 0. The van der Waals surface area contributed by atoms with Crippen molar-refractivity contribution in [2.45, 2.75) is 30.8 Å². The Morgan fingerprint density at radius 3 is 3.12 bits per heavy atom. The third kappa shape index (κ3) is 3.39. The number of carbonyl (C=O) groups is 1. The number of hydrogen-bond donors (Lipinski definition) is 1. The van der Waals surface area contributed by atoms with Gasteiger partial charge in [-0.1, -0.05) is 23.9 Å². The molecule has 6 heteroatoms.